The Morgan fingerprint density at radius 1 is 1.12 bits per heavy atom. The van der Waals surface area contributed by atoms with Crippen LogP contribution in [-0.4, -0.2) is 5.11 Å². The lowest BCUT2D eigenvalue weighted by Crippen LogP contribution is -3.00. The van der Waals surface area contributed by atoms with E-state index in [4.69, 9.17) is 0 Å². The summed E-state index contributed by atoms with van der Waals surface area (Å²) in [5.41, 5.74) is 2.42. The van der Waals surface area contributed by atoms with Crippen molar-refractivity contribution in [2.24, 2.45) is 0 Å². The average molecular weight is 294 g/mol. The number of halogens is 1. The van der Waals surface area contributed by atoms with E-state index < -0.39 is 0 Å². The lowest BCUT2D eigenvalue weighted by molar-refractivity contribution is -0.702. The molecule has 1 aromatic carbocycles. The Morgan fingerprint density at radius 3 is 2.47 bits per heavy atom. The molecule has 1 N–H and O–H groups in total. The van der Waals surface area contributed by atoms with Gasteiger partial charge < -0.3 is 22.1 Å². The number of pyridine rings is 1. The Labute approximate surface area is 112 Å². The third kappa shape index (κ3) is 3.86. The summed E-state index contributed by atoms with van der Waals surface area (Å²) in [5, 5.41) is 9.31. The normalized spacial score (nSPS) is 9.71. The smallest absolute Gasteiger partial charge is 0.181 e. The highest BCUT2D eigenvalue weighted by atomic mass is 79.9. The maximum absolute atomic E-state index is 9.31. The van der Waals surface area contributed by atoms with Gasteiger partial charge in [-0.3, -0.25) is 0 Å². The van der Waals surface area contributed by atoms with Gasteiger partial charge >= 0.3 is 0 Å². The minimum Gasteiger partial charge on any atom is -1.00 e. The Kier molecular flexibility index (Phi) is 5.16. The number of aromatic nitrogens is 1. The summed E-state index contributed by atoms with van der Waals surface area (Å²) in [6, 6.07) is 13.9. The third-order valence-electron chi connectivity index (χ3n) is 2.72. The molecule has 0 radical (unpaired) electrons. The van der Waals surface area contributed by atoms with E-state index in [1.165, 1.54) is 5.56 Å². The van der Waals surface area contributed by atoms with Crippen LogP contribution < -0.4 is 21.5 Å². The lowest BCUT2D eigenvalue weighted by atomic mass is 10.1. The van der Waals surface area contributed by atoms with E-state index in [0.29, 0.717) is 5.75 Å². The molecule has 0 aliphatic heterocycles. The predicted octanol–water partition coefficient (Wildman–Crippen LogP) is -0.765. The summed E-state index contributed by atoms with van der Waals surface area (Å²) >= 11 is 0. The summed E-state index contributed by atoms with van der Waals surface area (Å²) in [7, 11) is 0. The molecule has 1 aromatic heterocycles. The van der Waals surface area contributed by atoms with E-state index in [-0.39, 0.29) is 17.0 Å². The number of benzene rings is 1. The van der Waals surface area contributed by atoms with Gasteiger partial charge in [0.15, 0.2) is 18.4 Å². The lowest BCUT2D eigenvalue weighted by Gasteiger charge is -2.01. The summed E-state index contributed by atoms with van der Waals surface area (Å²) in [6.07, 6.45) is 2.94. The van der Waals surface area contributed by atoms with E-state index in [1.54, 1.807) is 12.1 Å². The molecule has 0 saturated carbocycles. The van der Waals surface area contributed by atoms with Crippen molar-refractivity contribution in [2.75, 3.05) is 0 Å². The molecule has 0 bridgehead atoms. The molecule has 2 aromatic rings. The standard InChI is InChI=1S/C14H15NO.BrH/c1-12-11-14(16)8-10-15(12)9-7-13-5-3-2-4-6-13;/h2-6,8,10-11H,7,9H2,1H3;1H. The Hall–Kier alpha value is -1.35. The fraction of sp³-hybridized carbons (Fsp3) is 0.214. The SMILES string of the molecule is Cc1cc(O)cc[n+]1CCc1ccccc1.[Br-]. The highest BCUT2D eigenvalue weighted by Crippen LogP contribution is 2.06. The number of rotatable bonds is 3. The third-order valence-corrected chi connectivity index (χ3v) is 2.72. The van der Waals surface area contributed by atoms with Crippen molar-refractivity contribution >= 4 is 0 Å². The molecular weight excluding hydrogens is 278 g/mol. The number of aromatic hydroxyl groups is 1. The quantitative estimate of drug-likeness (QED) is 0.739. The minimum atomic E-state index is 0. The molecule has 0 amide bonds. The molecule has 0 unspecified atom stereocenters. The molecule has 0 spiro atoms. The fourth-order valence-electron chi connectivity index (χ4n) is 1.77. The van der Waals surface area contributed by atoms with Gasteiger partial charge in [-0.25, -0.2) is 4.57 Å². The first-order valence-electron chi connectivity index (χ1n) is 5.49. The van der Waals surface area contributed by atoms with E-state index in [2.05, 4.69) is 28.8 Å². The molecule has 17 heavy (non-hydrogen) atoms. The van der Waals surface area contributed by atoms with Crippen molar-refractivity contribution in [1.82, 2.24) is 0 Å². The molecule has 90 valence electrons. The molecule has 0 aliphatic rings. The highest BCUT2D eigenvalue weighted by Gasteiger charge is 2.06. The Balaban J connectivity index is 0.00000144. The molecule has 1 heterocycles. The van der Waals surface area contributed by atoms with Crippen molar-refractivity contribution < 1.29 is 26.7 Å². The van der Waals surface area contributed by atoms with Crippen LogP contribution in [0.3, 0.4) is 0 Å². The van der Waals surface area contributed by atoms with E-state index in [0.717, 1.165) is 18.7 Å². The molecule has 2 rings (SSSR count). The zero-order chi connectivity index (χ0) is 11.4. The van der Waals surface area contributed by atoms with Gasteiger partial charge in [0, 0.05) is 25.5 Å². The number of hydrogen-bond acceptors (Lipinski definition) is 1. The summed E-state index contributed by atoms with van der Waals surface area (Å²) < 4.78 is 2.15. The summed E-state index contributed by atoms with van der Waals surface area (Å²) in [6.45, 7) is 2.95. The van der Waals surface area contributed by atoms with Crippen LogP contribution in [0, 0.1) is 6.92 Å². The number of aryl methyl sites for hydroxylation is 3. The Morgan fingerprint density at radius 2 is 1.82 bits per heavy atom. The molecule has 0 fully saturated rings. The first-order valence-corrected chi connectivity index (χ1v) is 5.49. The van der Waals surface area contributed by atoms with Gasteiger partial charge in [0.2, 0.25) is 0 Å². The second-order valence-electron chi connectivity index (χ2n) is 3.96. The van der Waals surface area contributed by atoms with Gasteiger partial charge in [0.05, 0.1) is 0 Å². The van der Waals surface area contributed by atoms with Crippen LogP contribution in [0.5, 0.6) is 5.75 Å². The van der Waals surface area contributed by atoms with Crippen LogP contribution in [0.1, 0.15) is 11.3 Å². The van der Waals surface area contributed by atoms with Gasteiger partial charge in [-0.2, -0.15) is 0 Å². The number of nitrogens with zero attached hydrogens (tertiary/aromatic N) is 1. The largest absolute Gasteiger partial charge is 1.00 e. The molecule has 0 atom stereocenters. The second-order valence-corrected chi connectivity index (χ2v) is 3.96. The molecule has 0 saturated heterocycles. The first kappa shape index (κ1) is 13.7. The van der Waals surface area contributed by atoms with Crippen LogP contribution in [-0.2, 0) is 13.0 Å². The van der Waals surface area contributed by atoms with Gasteiger partial charge in [-0.05, 0) is 5.56 Å². The van der Waals surface area contributed by atoms with Gasteiger partial charge in [0.1, 0.15) is 5.75 Å². The zero-order valence-electron chi connectivity index (χ0n) is 9.81. The molecule has 3 heteroatoms. The van der Waals surface area contributed by atoms with Crippen LogP contribution in [0.25, 0.3) is 0 Å². The second kappa shape index (κ2) is 6.40. The summed E-state index contributed by atoms with van der Waals surface area (Å²) in [5.74, 6) is 0.327. The first-order chi connectivity index (χ1) is 7.75. The van der Waals surface area contributed by atoms with Gasteiger partial charge in [-0.1, -0.05) is 30.3 Å². The van der Waals surface area contributed by atoms with E-state index in [9.17, 15) is 5.11 Å². The van der Waals surface area contributed by atoms with Crippen LogP contribution in [0.4, 0.5) is 0 Å². The van der Waals surface area contributed by atoms with E-state index in [1.807, 2.05) is 19.2 Å². The maximum Gasteiger partial charge on any atom is 0.181 e. The van der Waals surface area contributed by atoms with Crippen molar-refractivity contribution in [1.29, 1.82) is 0 Å². The zero-order valence-corrected chi connectivity index (χ0v) is 11.4. The van der Waals surface area contributed by atoms with Crippen LogP contribution in [0.2, 0.25) is 0 Å². The predicted molar refractivity (Wildman–Crippen MR) is 63.2 cm³/mol. The topological polar surface area (TPSA) is 24.1 Å². The molecule has 2 nitrogen and oxygen atoms in total. The fourth-order valence-corrected chi connectivity index (χ4v) is 1.77. The minimum absolute atomic E-state index is 0. The van der Waals surface area contributed by atoms with Crippen LogP contribution in [0.15, 0.2) is 48.7 Å². The van der Waals surface area contributed by atoms with Gasteiger partial charge in [0.25, 0.3) is 0 Å². The molecule has 0 aliphatic carbocycles. The van der Waals surface area contributed by atoms with Crippen molar-refractivity contribution in [2.45, 2.75) is 19.9 Å². The monoisotopic (exact) mass is 293 g/mol. The highest BCUT2D eigenvalue weighted by molar-refractivity contribution is 5.17. The van der Waals surface area contributed by atoms with E-state index >= 15 is 0 Å². The summed E-state index contributed by atoms with van der Waals surface area (Å²) in [4.78, 5) is 0. The van der Waals surface area contributed by atoms with Crippen molar-refractivity contribution in [3.63, 3.8) is 0 Å². The van der Waals surface area contributed by atoms with Crippen LogP contribution >= 0.6 is 0 Å². The van der Waals surface area contributed by atoms with Gasteiger partial charge in [-0.15, -0.1) is 0 Å². The van der Waals surface area contributed by atoms with Crippen molar-refractivity contribution in [3.05, 3.63) is 59.9 Å². The van der Waals surface area contributed by atoms with Crippen molar-refractivity contribution in [3.8, 4) is 5.75 Å². The molecular formula is C14H16BrNO. The number of hydrogen-bond donors (Lipinski definition) is 1. The Bertz CT molecular complexity index is 471. The average Bonchev–Trinajstić information content (AvgIpc) is 2.29. The maximum atomic E-state index is 9.31.